The van der Waals surface area contributed by atoms with Crippen LogP contribution in [0, 0.1) is 0 Å². The van der Waals surface area contributed by atoms with Crippen molar-refractivity contribution >= 4 is 27.3 Å². The zero-order valence-electron chi connectivity index (χ0n) is 14.9. The molecule has 1 saturated heterocycles. The van der Waals surface area contributed by atoms with Crippen molar-refractivity contribution in [3.05, 3.63) is 48.5 Å². The van der Waals surface area contributed by atoms with E-state index in [9.17, 15) is 26.4 Å². The number of amides is 1. The number of rotatable bonds is 6. The van der Waals surface area contributed by atoms with E-state index < -0.39 is 28.2 Å². The lowest BCUT2D eigenvalue weighted by atomic mass is 10.2. The molecule has 29 heavy (non-hydrogen) atoms. The third-order valence-electron chi connectivity index (χ3n) is 3.99. The van der Waals surface area contributed by atoms with Crippen molar-refractivity contribution in [3.8, 4) is 5.75 Å². The maximum Gasteiger partial charge on any atom is 0.573 e. The molecule has 0 saturated carbocycles. The molecule has 156 valence electrons. The van der Waals surface area contributed by atoms with Crippen LogP contribution in [-0.2, 0) is 19.6 Å². The summed E-state index contributed by atoms with van der Waals surface area (Å²) in [5.41, 5.74) is 0.692. The van der Waals surface area contributed by atoms with Crippen molar-refractivity contribution in [1.82, 2.24) is 0 Å². The molecule has 0 aliphatic carbocycles. The summed E-state index contributed by atoms with van der Waals surface area (Å²) in [7, 11) is -4.02. The Morgan fingerprint density at radius 2 is 1.66 bits per heavy atom. The highest BCUT2D eigenvalue weighted by Gasteiger charge is 2.31. The second-order valence-electron chi connectivity index (χ2n) is 6.19. The molecule has 11 heteroatoms. The Morgan fingerprint density at radius 3 is 2.21 bits per heavy atom. The molecule has 2 aromatic carbocycles. The van der Waals surface area contributed by atoms with Gasteiger partial charge in [-0.25, -0.2) is 8.42 Å². The van der Waals surface area contributed by atoms with Gasteiger partial charge < -0.3 is 14.8 Å². The van der Waals surface area contributed by atoms with Gasteiger partial charge in [0.05, 0.1) is 4.90 Å². The summed E-state index contributed by atoms with van der Waals surface area (Å²) >= 11 is 0. The molecule has 1 amide bonds. The Hall–Kier alpha value is -2.79. The number of carbonyl (C=O) groups is 1. The summed E-state index contributed by atoms with van der Waals surface area (Å²) in [4.78, 5) is 11.8. The summed E-state index contributed by atoms with van der Waals surface area (Å²) in [5, 5.41) is 2.68. The summed E-state index contributed by atoms with van der Waals surface area (Å²) in [6.07, 6.45) is -3.88. The zero-order chi connectivity index (χ0) is 21.1. The highest BCUT2D eigenvalue weighted by Crippen LogP contribution is 2.25. The fraction of sp³-hybridized carbons (Fsp3) is 0.278. The molecule has 0 bridgehead atoms. The van der Waals surface area contributed by atoms with Crippen LogP contribution in [0.5, 0.6) is 5.75 Å². The molecular formula is C18H17F3N2O5S. The van der Waals surface area contributed by atoms with Gasteiger partial charge in [-0.3, -0.25) is 9.52 Å². The Balaban J connectivity index is 1.63. The fourth-order valence-electron chi connectivity index (χ4n) is 2.66. The van der Waals surface area contributed by atoms with Crippen molar-refractivity contribution in [3.63, 3.8) is 0 Å². The first kappa shape index (κ1) is 20.9. The Labute approximate surface area is 164 Å². The minimum Gasteiger partial charge on any atom is -0.406 e. The average Bonchev–Trinajstić information content (AvgIpc) is 3.17. The second-order valence-corrected chi connectivity index (χ2v) is 7.88. The number of nitrogens with one attached hydrogen (secondary N) is 2. The Kier molecular flexibility index (Phi) is 5.99. The number of halogens is 3. The normalized spacial score (nSPS) is 17.0. The molecule has 1 heterocycles. The van der Waals surface area contributed by atoms with E-state index in [4.69, 9.17) is 4.74 Å². The lowest BCUT2D eigenvalue weighted by Gasteiger charge is -2.12. The van der Waals surface area contributed by atoms with Crippen molar-refractivity contribution in [1.29, 1.82) is 0 Å². The molecule has 0 aromatic heterocycles. The molecule has 1 aliphatic rings. The van der Waals surface area contributed by atoms with Gasteiger partial charge in [-0.15, -0.1) is 13.2 Å². The lowest BCUT2D eigenvalue weighted by Crippen LogP contribution is -2.26. The molecule has 1 unspecified atom stereocenters. The average molecular weight is 430 g/mol. The van der Waals surface area contributed by atoms with Crippen LogP contribution in [0.4, 0.5) is 24.5 Å². The van der Waals surface area contributed by atoms with Gasteiger partial charge in [0.1, 0.15) is 11.9 Å². The predicted octanol–water partition coefficient (Wildman–Crippen LogP) is 3.50. The van der Waals surface area contributed by atoms with Crippen LogP contribution < -0.4 is 14.8 Å². The van der Waals surface area contributed by atoms with Gasteiger partial charge in [-0.05, 0) is 61.4 Å². The monoisotopic (exact) mass is 430 g/mol. The molecule has 0 radical (unpaired) electrons. The van der Waals surface area contributed by atoms with Crippen molar-refractivity contribution in [2.24, 2.45) is 0 Å². The van der Waals surface area contributed by atoms with Crippen molar-refractivity contribution < 1.29 is 35.9 Å². The van der Waals surface area contributed by atoms with Crippen LogP contribution in [0.15, 0.2) is 53.4 Å². The van der Waals surface area contributed by atoms with Gasteiger partial charge in [0, 0.05) is 18.0 Å². The molecule has 0 spiro atoms. The molecule has 1 aliphatic heterocycles. The number of alkyl halides is 3. The van der Waals surface area contributed by atoms with Gasteiger partial charge in [-0.2, -0.15) is 0 Å². The number of hydrogen-bond acceptors (Lipinski definition) is 5. The largest absolute Gasteiger partial charge is 0.573 e. The van der Waals surface area contributed by atoms with Crippen LogP contribution >= 0.6 is 0 Å². The van der Waals surface area contributed by atoms with E-state index in [0.29, 0.717) is 18.7 Å². The van der Waals surface area contributed by atoms with E-state index in [1.807, 2.05) is 0 Å². The summed E-state index contributed by atoms with van der Waals surface area (Å²) in [6.45, 7) is 0.544. The van der Waals surface area contributed by atoms with Crippen LogP contribution in [0.1, 0.15) is 12.8 Å². The second kappa shape index (κ2) is 8.29. The van der Waals surface area contributed by atoms with E-state index in [1.165, 1.54) is 24.3 Å². The maximum absolute atomic E-state index is 12.4. The first-order chi connectivity index (χ1) is 13.6. The number of anilines is 2. The van der Waals surface area contributed by atoms with Crippen molar-refractivity contribution in [2.45, 2.75) is 30.2 Å². The topological polar surface area (TPSA) is 93.7 Å². The van der Waals surface area contributed by atoms with E-state index >= 15 is 0 Å². The molecule has 2 N–H and O–H groups in total. The fourth-order valence-corrected chi connectivity index (χ4v) is 3.72. The minimum atomic E-state index is -4.86. The van der Waals surface area contributed by atoms with E-state index in [2.05, 4.69) is 14.8 Å². The predicted molar refractivity (Wildman–Crippen MR) is 98.0 cm³/mol. The number of hydrogen-bond donors (Lipinski definition) is 2. The Bertz CT molecular complexity index is 954. The summed E-state index contributed by atoms with van der Waals surface area (Å²) in [5.74, 6) is -0.792. The highest BCUT2D eigenvalue weighted by molar-refractivity contribution is 7.92. The van der Waals surface area contributed by atoms with Gasteiger partial charge in [0.15, 0.2) is 0 Å². The first-order valence-electron chi connectivity index (χ1n) is 8.53. The summed E-state index contributed by atoms with van der Waals surface area (Å²) < 4.78 is 72.6. The highest BCUT2D eigenvalue weighted by atomic mass is 32.2. The van der Waals surface area contributed by atoms with Gasteiger partial charge in [-0.1, -0.05) is 0 Å². The van der Waals surface area contributed by atoms with Crippen LogP contribution in [0.3, 0.4) is 0 Å². The van der Waals surface area contributed by atoms with Gasteiger partial charge >= 0.3 is 6.36 Å². The minimum absolute atomic E-state index is 0.218. The van der Waals surface area contributed by atoms with E-state index in [-0.39, 0.29) is 16.5 Å². The zero-order valence-corrected chi connectivity index (χ0v) is 15.7. The van der Waals surface area contributed by atoms with E-state index in [0.717, 1.165) is 30.7 Å². The Morgan fingerprint density at radius 1 is 1.03 bits per heavy atom. The lowest BCUT2D eigenvalue weighted by molar-refractivity contribution is -0.274. The van der Waals surface area contributed by atoms with Crippen LogP contribution in [0.25, 0.3) is 0 Å². The SMILES string of the molecule is O=C(Nc1ccc(NS(=O)(=O)c2ccc(OC(F)(F)F)cc2)cc1)C1CCCO1. The molecule has 3 rings (SSSR count). The summed E-state index contributed by atoms with van der Waals surface area (Å²) in [6, 6.07) is 9.75. The molecular weight excluding hydrogens is 413 g/mol. The molecule has 7 nitrogen and oxygen atoms in total. The smallest absolute Gasteiger partial charge is 0.406 e. The van der Waals surface area contributed by atoms with Crippen molar-refractivity contribution in [2.75, 3.05) is 16.6 Å². The number of carbonyl (C=O) groups excluding carboxylic acids is 1. The quantitative estimate of drug-likeness (QED) is 0.732. The third-order valence-corrected chi connectivity index (χ3v) is 5.39. The third kappa shape index (κ3) is 5.84. The standard InChI is InChI=1S/C18H17F3N2O5S/c19-18(20,21)28-14-7-9-15(10-8-14)29(25,26)23-13-5-3-12(4-6-13)22-17(24)16-2-1-11-27-16/h3-10,16,23H,1-2,11H2,(H,22,24). The molecule has 1 atom stereocenters. The van der Waals surface area contributed by atoms with Gasteiger partial charge in [0.2, 0.25) is 0 Å². The first-order valence-corrected chi connectivity index (χ1v) is 10.0. The molecule has 2 aromatic rings. The maximum atomic E-state index is 12.4. The molecule has 1 fully saturated rings. The number of sulfonamides is 1. The van der Waals surface area contributed by atoms with Gasteiger partial charge in [0.25, 0.3) is 15.9 Å². The van der Waals surface area contributed by atoms with Crippen LogP contribution in [0.2, 0.25) is 0 Å². The van der Waals surface area contributed by atoms with E-state index in [1.54, 1.807) is 0 Å². The number of ether oxygens (including phenoxy) is 2. The van der Waals surface area contributed by atoms with Crippen LogP contribution in [-0.4, -0.2) is 33.4 Å². The number of benzene rings is 2.